The maximum atomic E-state index is 8.96. The SMILES string of the molecule is COc1cc2nc(C)nc(N(C)c3ccc(C#N)cc3)c2cc1OC. The third-order valence-electron chi connectivity index (χ3n) is 3.99. The van der Waals surface area contributed by atoms with Crippen LogP contribution in [0.15, 0.2) is 36.4 Å². The minimum Gasteiger partial charge on any atom is -0.493 e. The summed E-state index contributed by atoms with van der Waals surface area (Å²) < 4.78 is 10.8. The van der Waals surface area contributed by atoms with E-state index in [0.717, 1.165) is 22.4 Å². The van der Waals surface area contributed by atoms with Gasteiger partial charge < -0.3 is 14.4 Å². The maximum absolute atomic E-state index is 8.96. The third-order valence-corrected chi connectivity index (χ3v) is 3.99. The molecular weight excluding hydrogens is 316 g/mol. The molecule has 0 saturated carbocycles. The Morgan fingerprint density at radius 2 is 1.64 bits per heavy atom. The summed E-state index contributed by atoms with van der Waals surface area (Å²) in [6.45, 7) is 1.85. The minimum absolute atomic E-state index is 0.618. The lowest BCUT2D eigenvalue weighted by atomic mass is 10.1. The van der Waals surface area contributed by atoms with Crippen molar-refractivity contribution in [2.24, 2.45) is 0 Å². The van der Waals surface area contributed by atoms with E-state index in [4.69, 9.17) is 14.7 Å². The summed E-state index contributed by atoms with van der Waals surface area (Å²) in [6, 6.07) is 13.2. The molecule has 3 rings (SSSR count). The van der Waals surface area contributed by atoms with E-state index in [0.29, 0.717) is 22.9 Å². The standard InChI is InChI=1S/C19H18N4O2/c1-12-21-16-10-18(25-4)17(24-3)9-15(16)19(22-12)23(2)14-7-5-13(11-20)6-8-14/h5-10H,1-4H3. The van der Waals surface area contributed by atoms with Gasteiger partial charge >= 0.3 is 0 Å². The molecule has 0 saturated heterocycles. The van der Waals surface area contributed by atoms with Gasteiger partial charge in [-0.05, 0) is 37.3 Å². The highest BCUT2D eigenvalue weighted by molar-refractivity contribution is 5.93. The first-order valence-corrected chi connectivity index (χ1v) is 7.71. The molecule has 0 bridgehead atoms. The molecule has 1 aromatic heterocycles. The largest absolute Gasteiger partial charge is 0.493 e. The highest BCUT2D eigenvalue weighted by atomic mass is 16.5. The number of nitrogens with zero attached hydrogens (tertiary/aromatic N) is 4. The fourth-order valence-corrected chi connectivity index (χ4v) is 2.69. The van der Waals surface area contributed by atoms with Gasteiger partial charge in [0, 0.05) is 24.2 Å². The molecule has 0 amide bonds. The van der Waals surface area contributed by atoms with Crippen LogP contribution in [0.5, 0.6) is 11.5 Å². The van der Waals surface area contributed by atoms with Crippen LogP contribution in [0.1, 0.15) is 11.4 Å². The monoisotopic (exact) mass is 334 g/mol. The van der Waals surface area contributed by atoms with Gasteiger partial charge in [0.1, 0.15) is 11.6 Å². The molecule has 0 radical (unpaired) electrons. The molecule has 2 aromatic carbocycles. The van der Waals surface area contributed by atoms with E-state index >= 15 is 0 Å². The van der Waals surface area contributed by atoms with E-state index in [1.54, 1.807) is 26.4 Å². The van der Waals surface area contributed by atoms with Crippen LogP contribution in [0, 0.1) is 18.3 Å². The number of rotatable bonds is 4. The van der Waals surface area contributed by atoms with Crippen molar-refractivity contribution in [1.82, 2.24) is 9.97 Å². The molecule has 6 heteroatoms. The smallest absolute Gasteiger partial charge is 0.162 e. The van der Waals surface area contributed by atoms with Gasteiger partial charge in [0.2, 0.25) is 0 Å². The molecule has 0 fully saturated rings. The second-order valence-corrected chi connectivity index (χ2v) is 5.54. The minimum atomic E-state index is 0.618. The molecule has 6 nitrogen and oxygen atoms in total. The number of ether oxygens (including phenoxy) is 2. The van der Waals surface area contributed by atoms with E-state index in [-0.39, 0.29) is 0 Å². The van der Waals surface area contributed by atoms with Gasteiger partial charge in [-0.3, -0.25) is 0 Å². The van der Waals surface area contributed by atoms with Crippen LogP contribution in [0.2, 0.25) is 0 Å². The maximum Gasteiger partial charge on any atom is 0.162 e. The van der Waals surface area contributed by atoms with E-state index in [2.05, 4.69) is 16.0 Å². The van der Waals surface area contributed by atoms with Crippen molar-refractivity contribution in [3.05, 3.63) is 47.8 Å². The summed E-state index contributed by atoms with van der Waals surface area (Å²) in [6.07, 6.45) is 0. The lowest BCUT2D eigenvalue weighted by Crippen LogP contribution is -2.13. The first-order valence-electron chi connectivity index (χ1n) is 7.71. The molecule has 0 aliphatic carbocycles. The fraction of sp³-hybridized carbons (Fsp3) is 0.211. The zero-order valence-corrected chi connectivity index (χ0v) is 14.6. The van der Waals surface area contributed by atoms with E-state index in [1.165, 1.54) is 0 Å². The molecule has 1 heterocycles. The summed E-state index contributed by atoms with van der Waals surface area (Å²) in [4.78, 5) is 11.1. The molecule has 0 N–H and O–H groups in total. The Morgan fingerprint density at radius 3 is 2.24 bits per heavy atom. The van der Waals surface area contributed by atoms with Gasteiger partial charge in [0.15, 0.2) is 11.5 Å². The first-order chi connectivity index (χ1) is 12.1. The zero-order chi connectivity index (χ0) is 18.0. The van der Waals surface area contributed by atoms with Crippen LogP contribution in [0.4, 0.5) is 11.5 Å². The normalized spacial score (nSPS) is 10.4. The molecule has 126 valence electrons. The van der Waals surface area contributed by atoms with E-state index < -0.39 is 0 Å². The van der Waals surface area contributed by atoms with Crippen LogP contribution in [0.3, 0.4) is 0 Å². The Labute approximate surface area is 146 Å². The van der Waals surface area contributed by atoms with Crippen LogP contribution in [0.25, 0.3) is 10.9 Å². The topological polar surface area (TPSA) is 71.3 Å². The van der Waals surface area contributed by atoms with E-state index in [1.807, 2.05) is 43.1 Å². The fourth-order valence-electron chi connectivity index (χ4n) is 2.69. The van der Waals surface area contributed by atoms with Crippen molar-refractivity contribution in [2.75, 3.05) is 26.2 Å². The lowest BCUT2D eigenvalue weighted by Gasteiger charge is -2.21. The Hall–Kier alpha value is -3.33. The quantitative estimate of drug-likeness (QED) is 0.726. The van der Waals surface area contributed by atoms with Gasteiger partial charge in [-0.1, -0.05) is 0 Å². The first kappa shape index (κ1) is 16.5. The van der Waals surface area contributed by atoms with Crippen LogP contribution in [-0.2, 0) is 0 Å². The summed E-state index contributed by atoms with van der Waals surface area (Å²) in [5.41, 5.74) is 2.32. The number of benzene rings is 2. The van der Waals surface area contributed by atoms with E-state index in [9.17, 15) is 0 Å². The Bertz CT molecular complexity index is 962. The molecule has 0 aliphatic rings. The van der Waals surface area contributed by atoms with Crippen molar-refractivity contribution in [1.29, 1.82) is 5.26 Å². The molecular formula is C19H18N4O2. The summed E-state index contributed by atoms with van der Waals surface area (Å²) in [5.74, 6) is 2.67. The summed E-state index contributed by atoms with van der Waals surface area (Å²) in [5, 5.41) is 9.82. The summed E-state index contributed by atoms with van der Waals surface area (Å²) in [7, 11) is 5.13. The van der Waals surface area contributed by atoms with Gasteiger partial charge in [0.05, 0.1) is 31.4 Å². The predicted octanol–water partition coefficient (Wildman–Crippen LogP) is 3.60. The number of anilines is 2. The zero-order valence-electron chi connectivity index (χ0n) is 14.6. The molecule has 0 spiro atoms. The van der Waals surface area contributed by atoms with Crippen molar-refractivity contribution in [3.8, 4) is 17.6 Å². The van der Waals surface area contributed by atoms with Crippen LogP contribution < -0.4 is 14.4 Å². The number of hydrogen-bond acceptors (Lipinski definition) is 6. The van der Waals surface area contributed by atoms with Crippen molar-refractivity contribution >= 4 is 22.4 Å². The average Bonchev–Trinajstić information content (AvgIpc) is 2.65. The number of methoxy groups -OCH3 is 2. The van der Waals surface area contributed by atoms with Crippen molar-refractivity contribution < 1.29 is 9.47 Å². The van der Waals surface area contributed by atoms with Gasteiger partial charge in [-0.15, -0.1) is 0 Å². The number of nitriles is 1. The second kappa shape index (κ2) is 6.65. The number of aryl methyl sites for hydroxylation is 1. The Morgan fingerprint density at radius 1 is 1.00 bits per heavy atom. The van der Waals surface area contributed by atoms with Crippen molar-refractivity contribution in [2.45, 2.75) is 6.92 Å². The molecule has 0 unspecified atom stereocenters. The van der Waals surface area contributed by atoms with Gasteiger partial charge in [-0.2, -0.15) is 5.26 Å². The van der Waals surface area contributed by atoms with Gasteiger partial charge in [0.25, 0.3) is 0 Å². The summed E-state index contributed by atoms with van der Waals surface area (Å²) >= 11 is 0. The Kier molecular flexibility index (Phi) is 4.40. The molecule has 3 aromatic rings. The van der Waals surface area contributed by atoms with Crippen molar-refractivity contribution in [3.63, 3.8) is 0 Å². The number of aromatic nitrogens is 2. The molecule has 25 heavy (non-hydrogen) atoms. The third kappa shape index (κ3) is 3.04. The van der Waals surface area contributed by atoms with Gasteiger partial charge in [-0.25, -0.2) is 9.97 Å². The highest BCUT2D eigenvalue weighted by Crippen LogP contribution is 2.36. The lowest BCUT2D eigenvalue weighted by molar-refractivity contribution is 0.356. The second-order valence-electron chi connectivity index (χ2n) is 5.54. The highest BCUT2D eigenvalue weighted by Gasteiger charge is 2.15. The van der Waals surface area contributed by atoms with Crippen LogP contribution >= 0.6 is 0 Å². The molecule has 0 atom stereocenters. The number of hydrogen-bond donors (Lipinski definition) is 0. The average molecular weight is 334 g/mol. The predicted molar refractivity (Wildman–Crippen MR) is 96.6 cm³/mol. The molecule has 0 aliphatic heterocycles. The number of fused-ring (bicyclic) bond motifs is 1. The Balaban J connectivity index is 2.18. The van der Waals surface area contributed by atoms with Crippen LogP contribution in [-0.4, -0.2) is 31.2 Å².